The Balaban J connectivity index is 1.60. The van der Waals surface area contributed by atoms with Crippen molar-refractivity contribution in [2.75, 3.05) is 26.7 Å². The lowest BCUT2D eigenvalue weighted by Gasteiger charge is -2.31. The van der Waals surface area contributed by atoms with E-state index in [2.05, 4.69) is 31.2 Å². The lowest BCUT2D eigenvalue weighted by Crippen LogP contribution is -2.41. The quantitative estimate of drug-likeness (QED) is 0.550. The minimum atomic E-state index is -0.525. The van der Waals surface area contributed by atoms with Crippen LogP contribution in [0.4, 0.5) is 0 Å². The fourth-order valence-electron chi connectivity index (χ4n) is 4.50. The van der Waals surface area contributed by atoms with E-state index >= 15 is 0 Å². The van der Waals surface area contributed by atoms with E-state index in [9.17, 15) is 9.59 Å². The maximum atomic E-state index is 13.1. The minimum Gasteiger partial charge on any atom is -0.365 e. The molecule has 0 aliphatic carbocycles. The second-order valence-electron chi connectivity index (χ2n) is 8.52. The summed E-state index contributed by atoms with van der Waals surface area (Å²) in [5, 5.41) is 0. The van der Waals surface area contributed by atoms with Crippen LogP contribution in [0.15, 0.2) is 35.3 Å². The van der Waals surface area contributed by atoms with Crippen LogP contribution in [0.25, 0.3) is 11.0 Å². The van der Waals surface area contributed by atoms with E-state index in [1.165, 1.54) is 0 Å². The number of likely N-dealkylation sites (N-methyl/N-ethyl adjacent to an activating group) is 1. The van der Waals surface area contributed by atoms with Gasteiger partial charge in [-0.1, -0.05) is 24.5 Å². The summed E-state index contributed by atoms with van der Waals surface area (Å²) in [6.07, 6.45) is 3.57. The summed E-state index contributed by atoms with van der Waals surface area (Å²) >= 11 is 0. The second-order valence-corrected chi connectivity index (χ2v) is 8.52. The highest BCUT2D eigenvalue weighted by molar-refractivity contribution is 6.04. The molecule has 31 heavy (non-hydrogen) atoms. The van der Waals surface area contributed by atoms with Gasteiger partial charge >= 0.3 is 5.69 Å². The Bertz CT molecular complexity index is 1130. The second kappa shape index (κ2) is 8.78. The SMILES string of the molecule is BN1CCC(OCC#Cc2cccc3c2n(C)c(=O)n3C2CCC(=C)N(C)C2=O)CC1. The molecular formula is C23H29BN4O3. The number of para-hydroxylation sites is 1. The van der Waals surface area contributed by atoms with Gasteiger partial charge in [-0.05, 0) is 50.9 Å². The van der Waals surface area contributed by atoms with Crippen LogP contribution in [-0.2, 0) is 16.6 Å². The number of hydrogen-bond acceptors (Lipinski definition) is 4. The molecular weight excluding hydrogens is 391 g/mol. The van der Waals surface area contributed by atoms with Crippen LogP contribution in [0.1, 0.15) is 37.3 Å². The van der Waals surface area contributed by atoms with Crippen molar-refractivity contribution in [1.29, 1.82) is 0 Å². The van der Waals surface area contributed by atoms with Crippen LogP contribution in [-0.4, -0.2) is 65.6 Å². The molecule has 1 aromatic carbocycles. The predicted octanol–water partition coefficient (Wildman–Crippen LogP) is 1.03. The molecule has 0 radical (unpaired) electrons. The molecule has 0 bridgehead atoms. The van der Waals surface area contributed by atoms with Crippen molar-refractivity contribution in [2.24, 2.45) is 7.05 Å². The molecule has 2 aliphatic heterocycles. The van der Waals surface area contributed by atoms with Gasteiger partial charge in [0.05, 0.1) is 22.7 Å². The van der Waals surface area contributed by atoms with Crippen LogP contribution < -0.4 is 5.69 Å². The maximum Gasteiger partial charge on any atom is 0.329 e. The number of nitrogens with zero attached hydrogens (tertiary/aromatic N) is 4. The third kappa shape index (κ3) is 4.08. The fraction of sp³-hybridized carbons (Fsp3) is 0.478. The topological polar surface area (TPSA) is 59.7 Å². The first kappa shape index (κ1) is 21.5. The number of hydrogen-bond donors (Lipinski definition) is 0. The molecule has 4 rings (SSSR count). The van der Waals surface area contributed by atoms with Crippen molar-refractivity contribution >= 4 is 24.9 Å². The minimum absolute atomic E-state index is 0.103. The maximum absolute atomic E-state index is 13.1. The molecule has 0 spiro atoms. The first-order valence-corrected chi connectivity index (χ1v) is 10.8. The Morgan fingerprint density at radius 2 is 1.94 bits per heavy atom. The van der Waals surface area contributed by atoms with Crippen molar-refractivity contribution in [2.45, 2.75) is 37.8 Å². The zero-order valence-electron chi connectivity index (χ0n) is 18.6. The Kier molecular flexibility index (Phi) is 6.08. The largest absolute Gasteiger partial charge is 0.365 e. The molecule has 1 aromatic heterocycles. The lowest BCUT2D eigenvalue weighted by molar-refractivity contribution is -0.133. The average Bonchev–Trinajstić information content (AvgIpc) is 3.02. The molecule has 2 fully saturated rings. The summed E-state index contributed by atoms with van der Waals surface area (Å²) in [5.74, 6) is 6.19. The fourth-order valence-corrected chi connectivity index (χ4v) is 4.50. The first-order valence-electron chi connectivity index (χ1n) is 10.8. The van der Waals surface area contributed by atoms with Crippen LogP contribution in [0.5, 0.6) is 0 Å². The zero-order valence-corrected chi connectivity index (χ0v) is 18.6. The number of carbonyl (C=O) groups is 1. The van der Waals surface area contributed by atoms with Crippen LogP contribution in [0.3, 0.4) is 0 Å². The Labute approximate surface area is 183 Å². The highest BCUT2D eigenvalue weighted by atomic mass is 16.5. The number of aryl methyl sites for hydroxylation is 1. The molecule has 3 heterocycles. The standard InChI is InChI=1S/C23H29BN4O3/c1-16-9-10-20(22(29)25(16)2)28-19-8-4-6-17(21(19)26(3)23(28)30)7-5-15-31-18-11-13-27(24)14-12-18/h4,6,8,18,20H,1,9-15,24H2,2-3H3. The summed E-state index contributed by atoms with van der Waals surface area (Å²) in [4.78, 5) is 29.8. The number of carbonyl (C=O) groups excluding carboxylic acids is 1. The highest BCUT2D eigenvalue weighted by Crippen LogP contribution is 2.30. The van der Waals surface area contributed by atoms with Gasteiger partial charge in [-0.15, -0.1) is 0 Å². The number of benzene rings is 1. The summed E-state index contributed by atoms with van der Waals surface area (Å²) in [6, 6.07) is 5.15. The summed E-state index contributed by atoms with van der Waals surface area (Å²) < 4.78 is 9.13. The van der Waals surface area contributed by atoms with Gasteiger partial charge in [0.15, 0.2) is 7.98 Å². The summed E-state index contributed by atoms with van der Waals surface area (Å²) in [7, 11) is 5.58. The molecule has 1 atom stereocenters. The van der Waals surface area contributed by atoms with E-state index in [-0.39, 0.29) is 17.7 Å². The number of ether oxygens (including phenoxy) is 1. The normalized spacial score (nSPS) is 20.8. The highest BCUT2D eigenvalue weighted by Gasteiger charge is 2.33. The van der Waals surface area contributed by atoms with Gasteiger partial charge in [0.1, 0.15) is 12.6 Å². The molecule has 1 amide bonds. The summed E-state index contributed by atoms with van der Waals surface area (Å²) in [5.41, 5.74) is 2.83. The molecule has 0 saturated carbocycles. The number of likely N-dealkylation sites (tertiary alicyclic amines) is 1. The Hall–Kier alpha value is -2.76. The first-order chi connectivity index (χ1) is 14.9. The van der Waals surface area contributed by atoms with E-state index in [0.717, 1.165) is 48.2 Å². The Morgan fingerprint density at radius 1 is 1.19 bits per heavy atom. The number of fused-ring (bicyclic) bond motifs is 1. The lowest BCUT2D eigenvalue weighted by atomic mass is 10.0. The third-order valence-electron chi connectivity index (χ3n) is 6.49. The predicted molar refractivity (Wildman–Crippen MR) is 123 cm³/mol. The van der Waals surface area contributed by atoms with E-state index in [4.69, 9.17) is 4.74 Å². The van der Waals surface area contributed by atoms with Crippen molar-refractivity contribution in [3.63, 3.8) is 0 Å². The van der Waals surface area contributed by atoms with Gasteiger partial charge < -0.3 is 14.4 Å². The van der Waals surface area contributed by atoms with E-state index in [0.29, 0.717) is 19.4 Å². The van der Waals surface area contributed by atoms with Crippen LogP contribution in [0, 0.1) is 11.8 Å². The van der Waals surface area contributed by atoms with Gasteiger partial charge in [-0.2, -0.15) is 0 Å². The zero-order chi connectivity index (χ0) is 22.1. The molecule has 8 heteroatoms. The number of imidazole rings is 1. The number of piperidine rings is 2. The van der Waals surface area contributed by atoms with Crippen molar-refractivity contribution in [3.8, 4) is 11.8 Å². The molecule has 2 aromatic rings. The van der Waals surface area contributed by atoms with Gasteiger partial charge in [0, 0.05) is 19.8 Å². The van der Waals surface area contributed by atoms with E-state index < -0.39 is 6.04 Å². The number of rotatable bonds is 3. The van der Waals surface area contributed by atoms with Crippen LogP contribution >= 0.6 is 0 Å². The molecule has 162 valence electrons. The van der Waals surface area contributed by atoms with Gasteiger partial charge in [-0.3, -0.25) is 13.9 Å². The average molecular weight is 420 g/mol. The van der Waals surface area contributed by atoms with Gasteiger partial charge in [0.25, 0.3) is 0 Å². The monoisotopic (exact) mass is 420 g/mol. The van der Waals surface area contributed by atoms with Crippen molar-refractivity contribution in [1.82, 2.24) is 18.8 Å². The molecule has 7 nitrogen and oxygen atoms in total. The molecule has 1 unspecified atom stereocenters. The molecule has 0 N–H and O–H groups in total. The van der Waals surface area contributed by atoms with Crippen LogP contribution in [0.2, 0.25) is 0 Å². The number of aromatic nitrogens is 2. The van der Waals surface area contributed by atoms with Crippen molar-refractivity contribution in [3.05, 3.63) is 46.5 Å². The number of allylic oxidation sites excluding steroid dienone is 1. The number of amides is 1. The third-order valence-corrected chi connectivity index (χ3v) is 6.49. The molecule has 2 saturated heterocycles. The van der Waals surface area contributed by atoms with Crippen molar-refractivity contribution < 1.29 is 9.53 Å². The Morgan fingerprint density at radius 3 is 2.68 bits per heavy atom. The molecule has 2 aliphatic rings. The van der Waals surface area contributed by atoms with Gasteiger partial charge in [-0.25, -0.2) is 4.79 Å². The van der Waals surface area contributed by atoms with E-state index in [1.807, 2.05) is 18.2 Å². The van der Waals surface area contributed by atoms with Gasteiger partial charge in [0.2, 0.25) is 5.91 Å². The van der Waals surface area contributed by atoms with E-state index in [1.54, 1.807) is 28.1 Å². The smallest absolute Gasteiger partial charge is 0.329 e. The summed E-state index contributed by atoms with van der Waals surface area (Å²) in [6.45, 7) is 6.41.